The van der Waals surface area contributed by atoms with Crippen LogP contribution in [0, 0.1) is 43.4 Å². The van der Waals surface area contributed by atoms with E-state index in [4.69, 9.17) is 25.4 Å². The van der Waals surface area contributed by atoms with Gasteiger partial charge in [-0.3, -0.25) is 9.98 Å². The summed E-state index contributed by atoms with van der Waals surface area (Å²) in [6, 6.07) is 40.8. The molecule has 0 bridgehead atoms. The van der Waals surface area contributed by atoms with Crippen molar-refractivity contribution in [2.24, 2.45) is 9.98 Å². The second kappa shape index (κ2) is 22.8. The fourth-order valence-electron chi connectivity index (χ4n) is 4.81. The van der Waals surface area contributed by atoms with E-state index in [9.17, 15) is 0 Å². The molecule has 49 heavy (non-hydrogen) atoms. The average molecular weight is 835 g/mol. The molecule has 0 saturated carbocycles. The molecule has 0 unspecified atom stereocenters. The molecule has 7 heteroatoms. The molecule has 0 aliphatic carbocycles. The molecule has 1 heterocycles. The first-order chi connectivity index (χ1) is 23.0. The van der Waals surface area contributed by atoms with Crippen LogP contribution in [-0.2, 0) is 4.74 Å². The predicted molar refractivity (Wildman–Crippen MR) is 207 cm³/mol. The van der Waals surface area contributed by atoms with Crippen molar-refractivity contribution < 1.29 is 41.6 Å². The zero-order valence-corrected chi connectivity index (χ0v) is 33.0. The minimum Gasteiger partial charge on any atom is -0.677 e. The third-order valence-electron chi connectivity index (χ3n) is 6.75. The first-order valence-corrected chi connectivity index (χ1v) is 20.9. The molecule has 0 spiro atoms. The van der Waals surface area contributed by atoms with Crippen molar-refractivity contribution in [2.45, 2.75) is 84.3 Å². The summed E-state index contributed by atoms with van der Waals surface area (Å²) in [5.41, 5.74) is 3.88. The first kappa shape index (κ1) is 42.4. The van der Waals surface area contributed by atoms with Crippen LogP contribution in [0.1, 0.15) is 63.7 Å². The molecule has 1 aliphatic heterocycles. The van der Waals surface area contributed by atoms with Gasteiger partial charge in [-0.05, 0) is 52.7 Å². The van der Waals surface area contributed by atoms with Gasteiger partial charge in [0.2, 0.25) is 0 Å². The zero-order valence-electron chi connectivity index (χ0n) is 30.3. The third kappa shape index (κ3) is 17.1. The topological polar surface area (TPSA) is 62.1 Å². The Bertz CT molecular complexity index is 1500. The summed E-state index contributed by atoms with van der Waals surface area (Å²) in [5.74, 6) is 0. The number of hydrogen-bond acceptors (Lipinski definition) is 3. The van der Waals surface area contributed by atoms with Gasteiger partial charge in [0, 0.05) is 36.0 Å². The van der Waals surface area contributed by atoms with E-state index >= 15 is 0 Å². The summed E-state index contributed by atoms with van der Waals surface area (Å²) >= 11 is 0. The van der Waals surface area contributed by atoms with Crippen LogP contribution in [0.2, 0.25) is 19.6 Å². The Labute approximate surface area is 326 Å². The zero-order chi connectivity index (χ0) is 34.8. The molecule has 0 amide bonds. The fourth-order valence-corrected chi connectivity index (χ4v) is 4.81. The van der Waals surface area contributed by atoms with Gasteiger partial charge in [0.1, 0.15) is 0 Å². The van der Waals surface area contributed by atoms with Gasteiger partial charge in [0.15, 0.2) is 0 Å². The molecule has 2 atom stereocenters. The monoisotopic (exact) mass is 834 g/mol. The Hall–Kier alpha value is -2.77. The Balaban J connectivity index is 0.000000655. The van der Waals surface area contributed by atoms with Crippen molar-refractivity contribution in [3.05, 3.63) is 160 Å². The third-order valence-corrected chi connectivity index (χ3v) is 6.75. The van der Waals surface area contributed by atoms with Crippen LogP contribution in [0.15, 0.2) is 131 Å². The minimum absolute atomic E-state index is 0. The van der Waals surface area contributed by atoms with E-state index in [2.05, 4.69) is 102 Å². The number of nitrogens with zero attached hydrogens (tertiary/aromatic N) is 4. The summed E-state index contributed by atoms with van der Waals surface area (Å²) in [7, 11) is -0.861. The maximum Gasteiger partial charge on any atom is 3.00 e. The van der Waals surface area contributed by atoms with Crippen molar-refractivity contribution in [2.75, 3.05) is 13.2 Å². The molecule has 5 rings (SSSR count). The van der Waals surface area contributed by atoms with Gasteiger partial charge in [0.25, 0.3) is 0 Å². The van der Waals surface area contributed by atoms with Crippen LogP contribution < -0.4 is 10.7 Å². The van der Waals surface area contributed by atoms with Crippen LogP contribution >= 0.6 is 0 Å². The molecule has 268 valence electrons. The van der Waals surface area contributed by atoms with Crippen LogP contribution in [0.3, 0.4) is 0 Å². The molecule has 0 radical (unpaired) electrons. The second-order valence-corrected chi connectivity index (χ2v) is 18.8. The Morgan fingerprint density at radius 1 is 0.551 bits per heavy atom. The van der Waals surface area contributed by atoms with Gasteiger partial charge in [-0.15, -0.1) is 31.5 Å². The van der Waals surface area contributed by atoms with Gasteiger partial charge in [-0.1, -0.05) is 140 Å². The average Bonchev–Trinajstić information content (AvgIpc) is 3.47. The van der Waals surface area contributed by atoms with E-state index in [1.807, 2.05) is 72.8 Å². The maximum absolute atomic E-state index is 5.38. The second-order valence-electron chi connectivity index (χ2n) is 13.7. The van der Waals surface area contributed by atoms with Crippen molar-refractivity contribution in [3.63, 3.8) is 0 Å². The van der Waals surface area contributed by atoms with Crippen LogP contribution in [-0.4, -0.2) is 33.4 Å². The minimum atomic E-state index is -0.861. The van der Waals surface area contributed by atoms with Crippen LogP contribution in [0.25, 0.3) is 10.6 Å². The Morgan fingerprint density at radius 2 is 0.857 bits per heavy atom. The van der Waals surface area contributed by atoms with E-state index in [0.717, 1.165) is 46.4 Å². The first-order valence-electron chi connectivity index (χ1n) is 17.2. The van der Waals surface area contributed by atoms with E-state index in [-0.39, 0.29) is 61.0 Å². The summed E-state index contributed by atoms with van der Waals surface area (Å²) in [6.45, 7) is 20.9. The molecule has 0 aromatic heterocycles. The van der Waals surface area contributed by atoms with Gasteiger partial charge < -0.3 is 21.9 Å². The van der Waals surface area contributed by atoms with E-state index in [1.165, 1.54) is 12.8 Å². The molecular weight excluding hydrogens is 780 g/mol. The fraction of sp³-hybridized carbons (Fsp3) is 0.357. The predicted octanol–water partition coefficient (Wildman–Crippen LogP) is 11.0. The SMILES string of the molecule is C1CCOC1.CC(C)N=c1cccccc1[N-][C@@H](c1ccccc1)[C@@H]([N-]c1cccccc1=NC(C)C)c1ccccc1.[CH2-][Si](C)(C)C.[Lu+3]. The van der Waals surface area contributed by atoms with Gasteiger partial charge in [-0.25, -0.2) is 0 Å². The number of benzene rings is 2. The smallest absolute Gasteiger partial charge is 0.677 e. The molecular formula is C42H55LuN4OSi. The molecule has 4 aromatic carbocycles. The van der Waals surface area contributed by atoms with Crippen molar-refractivity contribution in [1.29, 1.82) is 0 Å². The van der Waals surface area contributed by atoms with Crippen molar-refractivity contribution in [3.8, 4) is 0 Å². The molecule has 1 aliphatic rings. The summed E-state index contributed by atoms with van der Waals surface area (Å²) in [4.78, 5) is 9.76. The summed E-state index contributed by atoms with van der Waals surface area (Å²) < 4.78 is 4.94. The van der Waals surface area contributed by atoms with Crippen LogP contribution in [0.5, 0.6) is 0 Å². The quantitative estimate of drug-likeness (QED) is 0.122. The van der Waals surface area contributed by atoms with Crippen LogP contribution in [0.4, 0.5) is 11.4 Å². The summed E-state index contributed by atoms with van der Waals surface area (Å²) in [6.07, 6.45) is 2.56. The Morgan fingerprint density at radius 3 is 1.14 bits per heavy atom. The normalized spacial score (nSPS) is 14.4. The standard InChI is InChI=1S/C34H36N4.C4H8O.C4H11Si.Lu/c1-25(2)35-29-21-13-7-15-23-31(29)37-33(27-17-9-5-10-18-27)34(28-19-11-6-12-20-28)38-32-24-16-8-14-22-30(32)36-26(3)4;1-2-4-5-3-1;1-5(2,3)4;/h5-26,33-34H,1-4H3;1-4H2;1H2,2-4H3;/q-2;;-1;+3/t33-,34-;;;/m0.../s1. The largest absolute Gasteiger partial charge is 3.00 e. The Kier molecular flexibility index (Phi) is 19.8. The molecule has 0 N–H and O–H groups in total. The molecule has 1 saturated heterocycles. The van der Waals surface area contributed by atoms with E-state index in [0.29, 0.717) is 0 Å². The molecule has 5 nitrogen and oxygen atoms in total. The van der Waals surface area contributed by atoms with E-state index < -0.39 is 8.07 Å². The summed E-state index contributed by atoms with van der Waals surface area (Å²) in [5, 5.41) is 12.5. The molecule has 4 aromatic rings. The maximum atomic E-state index is 5.38. The number of rotatable bonds is 9. The van der Waals surface area contributed by atoms with Gasteiger partial charge in [0.05, 0.1) is 0 Å². The van der Waals surface area contributed by atoms with Gasteiger partial charge in [-0.2, -0.15) is 0 Å². The number of hydrogen-bond donors (Lipinski definition) is 0. The van der Waals surface area contributed by atoms with Crippen molar-refractivity contribution >= 4 is 19.4 Å². The molecule has 1 fully saturated rings. The number of ether oxygens (including phenoxy) is 1. The van der Waals surface area contributed by atoms with Crippen molar-refractivity contribution in [1.82, 2.24) is 0 Å². The van der Waals surface area contributed by atoms with Gasteiger partial charge >= 0.3 is 36.9 Å². The van der Waals surface area contributed by atoms with E-state index in [1.54, 1.807) is 0 Å².